The molecule has 1 aliphatic heterocycles. The van der Waals surface area contributed by atoms with Gasteiger partial charge in [-0.25, -0.2) is 4.99 Å². The molecular formula is C21H22ClN3O2S. The average molecular weight is 416 g/mol. The normalized spacial score (nSPS) is 18.5. The Balaban J connectivity index is 1.81. The number of carbonyl (C=O) groups is 2. The fourth-order valence-corrected chi connectivity index (χ4v) is 4.07. The number of nitrogens with one attached hydrogen (secondary N) is 1. The van der Waals surface area contributed by atoms with E-state index in [2.05, 4.69) is 10.3 Å². The van der Waals surface area contributed by atoms with Gasteiger partial charge in [0.15, 0.2) is 5.17 Å². The van der Waals surface area contributed by atoms with Crippen LogP contribution in [0.3, 0.4) is 0 Å². The van der Waals surface area contributed by atoms with Crippen LogP contribution in [0.4, 0.5) is 11.4 Å². The largest absolute Gasteiger partial charge is 0.325 e. The van der Waals surface area contributed by atoms with Crippen molar-refractivity contribution in [1.29, 1.82) is 0 Å². The lowest BCUT2D eigenvalue weighted by atomic mass is 10.1. The van der Waals surface area contributed by atoms with E-state index in [1.807, 2.05) is 51.1 Å². The van der Waals surface area contributed by atoms with Gasteiger partial charge in [-0.2, -0.15) is 0 Å². The number of thioether (sulfide) groups is 1. The molecule has 1 N–H and O–H groups in total. The Morgan fingerprint density at radius 3 is 2.61 bits per heavy atom. The number of halogens is 1. The molecule has 1 saturated heterocycles. The van der Waals surface area contributed by atoms with E-state index in [4.69, 9.17) is 11.6 Å². The maximum Gasteiger partial charge on any atom is 0.238 e. The summed E-state index contributed by atoms with van der Waals surface area (Å²) in [5.41, 5.74) is 4.47. The van der Waals surface area contributed by atoms with Crippen molar-refractivity contribution in [2.45, 2.75) is 32.4 Å². The summed E-state index contributed by atoms with van der Waals surface area (Å²) in [6.07, 6.45) is 0.131. The minimum absolute atomic E-state index is 0.131. The van der Waals surface area contributed by atoms with E-state index >= 15 is 0 Å². The minimum atomic E-state index is -0.538. The summed E-state index contributed by atoms with van der Waals surface area (Å²) < 4.78 is 0. The zero-order valence-electron chi connectivity index (χ0n) is 16.2. The van der Waals surface area contributed by atoms with Crippen molar-refractivity contribution in [3.63, 3.8) is 0 Å². The van der Waals surface area contributed by atoms with Gasteiger partial charge >= 0.3 is 0 Å². The van der Waals surface area contributed by atoms with E-state index in [0.717, 1.165) is 22.4 Å². The topological polar surface area (TPSA) is 61.8 Å². The maximum absolute atomic E-state index is 12.8. The van der Waals surface area contributed by atoms with E-state index in [-0.39, 0.29) is 18.2 Å². The number of hydrogen-bond donors (Lipinski definition) is 1. The van der Waals surface area contributed by atoms with Crippen molar-refractivity contribution in [3.8, 4) is 0 Å². The Hall–Kier alpha value is -2.31. The van der Waals surface area contributed by atoms with Crippen LogP contribution < -0.4 is 5.32 Å². The fourth-order valence-electron chi connectivity index (χ4n) is 2.83. The standard InChI is InChI=1S/C21H22ClN3O2S/c1-12-5-8-17(14(3)9-12)24-20(27)18-11-19(26)25(4)21(28-18)23-15-7-6-13(2)16(22)10-15/h5-10,18H,11H2,1-4H3,(H,24,27). The summed E-state index contributed by atoms with van der Waals surface area (Å²) in [6, 6.07) is 11.3. The van der Waals surface area contributed by atoms with Gasteiger partial charge in [0.1, 0.15) is 5.25 Å². The van der Waals surface area contributed by atoms with E-state index in [9.17, 15) is 9.59 Å². The van der Waals surface area contributed by atoms with Crippen molar-refractivity contribution in [1.82, 2.24) is 4.90 Å². The zero-order valence-corrected chi connectivity index (χ0v) is 17.8. The third-order valence-electron chi connectivity index (χ3n) is 4.58. The van der Waals surface area contributed by atoms with Crippen LogP contribution in [0.15, 0.2) is 41.4 Å². The summed E-state index contributed by atoms with van der Waals surface area (Å²) in [5.74, 6) is -0.343. The van der Waals surface area contributed by atoms with Crippen LogP contribution in [-0.2, 0) is 9.59 Å². The van der Waals surface area contributed by atoms with Gasteiger partial charge in [-0.1, -0.05) is 47.1 Å². The highest BCUT2D eigenvalue weighted by Crippen LogP contribution is 2.30. The highest BCUT2D eigenvalue weighted by Gasteiger charge is 2.34. The average Bonchev–Trinajstić information content (AvgIpc) is 2.64. The summed E-state index contributed by atoms with van der Waals surface area (Å²) in [6.45, 7) is 5.87. The molecule has 1 heterocycles. The van der Waals surface area contributed by atoms with Crippen molar-refractivity contribution in [3.05, 3.63) is 58.1 Å². The van der Waals surface area contributed by atoms with E-state index < -0.39 is 5.25 Å². The van der Waals surface area contributed by atoms with E-state index in [1.165, 1.54) is 16.7 Å². The van der Waals surface area contributed by atoms with Gasteiger partial charge in [0.25, 0.3) is 0 Å². The van der Waals surface area contributed by atoms with Crippen LogP contribution in [0.5, 0.6) is 0 Å². The molecule has 5 nitrogen and oxygen atoms in total. The number of amidine groups is 1. The Bertz CT molecular complexity index is 974. The number of anilines is 1. The molecule has 1 fully saturated rings. The molecule has 0 spiro atoms. The van der Waals surface area contributed by atoms with E-state index in [0.29, 0.717) is 15.9 Å². The fraction of sp³-hybridized carbons (Fsp3) is 0.286. The molecule has 2 amide bonds. The molecule has 1 atom stereocenters. The first-order valence-corrected chi connectivity index (χ1v) is 10.2. The van der Waals surface area contributed by atoms with Gasteiger partial charge in [0, 0.05) is 24.2 Å². The van der Waals surface area contributed by atoms with Crippen molar-refractivity contribution in [2.75, 3.05) is 12.4 Å². The van der Waals surface area contributed by atoms with Crippen molar-refractivity contribution in [2.24, 2.45) is 4.99 Å². The van der Waals surface area contributed by atoms with Gasteiger partial charge in [0.05, 0.1) is 5.69 Å². The van der Waals surface area contributed by atoms with Crippen LogP contribution in [0, 0.1) is 20.8 Å². The first kappa shape index (κ1) is 20.4. The quantitative estimate of drug-likeness (QED) is 0.778. The van der Waals surface area contributed by atoms with E-state index in [1.54, 1.807) is 13.1 Å². The third kappa shape index (κ3) is 4.56. The molecule has 0 bridgehead atoms. The lowest BCUT2D eigenvalue weighted by molar-refractivity contribution is -0.128. The molecule has 3 rings (SSSR count). The number of benzene rings is 2. The molecule has 2 aromatic rings. The third-order valence-corrected chi connectivity index (χ3v) is 6.23. The molecule has 0 saturated carbocycles. The van der Waals surface area contributed by atoms with Gasteiger partial charge in [-0.05, 0) is 50.1 Å². The smallest absolute Gasteiger partial charge is 0.238 e. The summed E-state index contributed by atoms with van der Waals surface area (Å²) in [7, 11) is 1.67. The van der Waals surface area contributed by atoms with Crippen LogP contribution in [0.25, 0.3) is 0 Å². The zero-order chi connectivity index (χ0) is 20.4. The van der Waals surface area contributed by atoms with Crippen molar-refractivity contribution >= 4 is 51.7 Å². The Labute approximate surface area is 174 Å². The minimum Gasteiger partial charge on any atom is -0.325 e. The number of hydrogen-bond acceptors (Lipinski definition) is 4. The SMILES string of the molecule is Cc1ccc(NC(=O)C2CC(=O)N(C)C(=Nc3ccc(C)c(Cl)c3)S2)c(C)c1. The monoisotopic (exact) mass is 415 g/mol. The second-order valence-electron chi connectivity index (χ2n) is 6.90. The predicted octanol–water partition coefficient (Wildman–Crippen LogP) is 4.86. The van der Waals surface area contributed by atoms with Gasteiger partial charge in [0.2, 0.25) is 11.8 Å². The lowest BCUT2D eigenvalue weighted by Gasteiger charge is -2.29. The molecule has 2 aromatic carbocycles. The van der Waals surface area contributed by atoms with Crippen molar-refractivity contribution < 1.29 is 9.59 Å². The molecule has 1 unspecified atom stereocenters. The first-order chi connectivity index (χ1) is 13.2. The van der Waals surface area contributed by atoms with Crippen LogP contribution in [0.1, 0.15) is 23.1 Å². The summed E-state index contributed by atoms with van der Waals surface area (Å²) in [5, 5.41) is 3.49. The van der Waals surface area contributed by atoms with Crippen LogP contribution in [-0.4, -0.2) is 34.2 Å². The first-order valence-electron chi connectivity index (χ1n) is 8.91. The Kier molecular flexibility index (Phi) is 6.10. The second kappa shape index (κ2) is 8.37. The number of nitrogens with zero attached hydrogens (tertiary/aromatic N) is 2. The Morgan fingerprint density at radius 2 is 1.93 bits per heavy atom. The van der Waals surface area contributed by atoms with Crippen LogP contribution in [0.2, 0.25) is 5.02 Å². The van der Waals surface area contributed by atoms with Gasteiger partial charge < -0.3 is 5.32 Å². The molecule has 28 heavy (non-hydrogen) atoms. The molecule has 7 heteroatoms. The lowest BCUT2D eigenvalue weighted by Crippen LogP contribution is -2.43. The predicted molar refractivity (Wildman–Crippen MR) is 117 cm³/mol. The molecule has 0 aromatic heterocycles. The number of carbonyl (C=O) groups excluding carboxylic acids is 2. The number of rotatable bonds is 3. The molecular weight excluding hydrogens is 394 g/mol. The van der Waals surface area contributed by atoms with Gasteiger partial charge in [-0.15, -0.1) is 0 Å². The molecule has 0 radical (unpaired) electrons. The number of aryl methyl sites for hydroxylation is 3. The summed E-state index contributed by atoms with van der Waals surface area (Å²) >= 11 is 7.46. The van der Waals surface area contributed by atoms with Crippen LogP contribution >= 0.6 is 23.4 Å². The van der Waals surface area contributed by atoms with Gasteiger partial charge in [-0.3, -0.25) is 14.5 Å². The molecule has 146 valence electrons. The highest BCUT2D eigenvalue weighted by molar-refractivity contribution is 8.15. The molecule has 1 aliphatic rings. The number of aliphatic imine (C=N–C) groups is 1. The Morgan fingerprint density at radius 1 is 1.18 bits per heavy atom. The second-order valence-corrected chi connectivity index (χ2v) is 8.48. The highest BCUT2D eigenvalue weighted by atomic mass is 35.5. The molecule has 0 aliphatic carbocycles. The number of amides is 2. The summed E-state index contributed by atoms with van der Waals surface area (Å²) in [4.78, 5) is 31.2. The maximum atomic E-state index is 12.8.